The van der Waals surface area contributed by atoms with Gasteiger partial charge in [0.2, 0.25) is 0 Å². The molecule has 2 N–H and O–H groups in total. The Hall–Kier alpha value is -0.850. The van der Waals surface area contributed by atoms with Crippen molar-refractivity contribution in [3.8, 4) is 0 Å². The van der Waals surface area contributed by atoms with Gasteiger partial charge in [-0.25, -0.2) is 0 Å². The third-order valence-corrected chi connectivity index (χ3v) is 4.70. The van der Waals surface area contributed by atoms with Crippen LogP contribution >= 0.6 is 0 Å². The van der Waals surface area contributed by atoms with Crippen molar-refractivity contribution in [2.75, 3.05) is 59.2 Å². The first-order valence-corrected chi connectivity index (χ1v) is 10.1. The molecule has 0 amide bonds. The quantitative estimate of drug-likeness (QED) is 0.336. The second-order valence-corrected chi connectivity index (χ2v) is 7.60. The largest absolute Gasteiger partial charge is 0.379 e. The summed E-state index contributed by atoms with van der Waals surface area (Å²) in [7, 11) is 0. The van der Waals surface area contributed by atoms with E-state index in [1.807, 2.05) is 0 Å². The van der Waals surface area contributed by atoms with Gasteiger partial charge >= 0.3 is 0 Å². The highest BCUT2D eigenvalue weighted by molar-refractivity contribution is 5.79. The van der Waals surface area contributed by atoms with Crippen molar-refractivity contribution in [2.45, 2.75) is 46.1 Å². The van der Waals surface area contributed by atoms with Crippen LogP contribution in [0.25, 0.3) is 0 Å². The normalized spacial score (nSPS) is 20.7. The first-order chi connectivity index (χ1) is 12.2. The summed E-state index contributed by atoms with van der Waals surface area (Å²) in [6.07, 6.45) is 3.86. The number of ether oxygens (including phenoxy) is 2. The van der Waals surface area contributed by atoms with Gasteiger partial charge in [-0.05, 0) is 38.0 Å². The third-order valence-electron chi connectivity index (χ3n) is 4.70. The number of hydrogen-bond acceptors (Lipinski definition) is 4. The van der Waals surface area contributed by atoms with Crippen molar-refractivity contribution in [1.29, 1.82) is 0 Å². The summed E-state index contributed by atoms with van der Waals surface area (Å²) in [6.45, 7) is 14.6. The molecule has 0 aromatic heterocycles. The molecule has 2 rings (SSSR count). The van der Waals surface area contributed by atoms with Gasteiger partial charge < -0.3 is 20.1 Å². The van der Waals surface area contributed by atoms with Gasteiger partial charge in [-0.2, -0.15) is 0 Å². The van der Waals surface area contributed by atoms with Gasteiger partial charge in [0.1, 0.15) is 0 Å². The molecule has 1 aliphatic carbocycles. The van der Waals surface area contributed by atoms with Gasteiger partial charge in [0.15, 0.2) is 5.96 Å². The Morgan fingerprint density at radius 3 is 2.64 bits per heavy atom. The summed E-state index contributed by atoms with van der Waals surface area (Å²) in [5.74, 6) is 2.40. The van der Waals surface area contributed by atoms with Crippen LogP contribution in [-0.2, 0) is 9.47 Å². The lowest BCUT2D eigenvalue weighted by molar-refractivity contribution is 0.0143. The van der Waals surface area contributed by atoms with E-state index >= 15 is 0 Å². The van der Waals surface area contributed by atoms with E-state index in [9.17, 15) is 0 Å². The van der Waals surface area contributed by atoms with Crippen LogP contribution in [0.1, 0.15) is 40.0 Å². The summed E-state index contributed by atoms with van der Waals surface area (Å²) in [5.41, 5.74) is 0. The topological polar surface area (TPSA) is 58.1 Å². The molecule has 2 aliphatic rings. The van der Waals surface area contributed by atoms with E-state index in [2.05, 4.69) is 36.3 Å². The first kappa shape index (κ1) is 20.5. The van der Waals surface area contributed by atoms with E-state index in [1.54, 1.807) is 0 Å². The number of morpholine rings is 1. The molecule has 6 heteroatoms. The van der Waals surface area contributed by atoms with E-state index in [0.717, 1.165) is 71.0 Å². The molecule has 2 fully saturated rings. The molecule has 1 saturated heterocycles. The maximum absolute atomic E-state index is 5.69. The summed E-state index contributed by atoms with van der Waals surface area (Å²) in [6, 6.07) is 0.491. The Kier molecular flexibility index (Phi) is 9.58. The molecule has 0 aromatic rings. The highest BCUT2D eigenvalue weighted by Crippen LogP contribution is 2.28. The summed E-state index contributed by atoms with van der Waals surface area (Å²) >= 11 is 0. The lowest BCUT2D eigenvalue weighted by atomic mass is 10.0. The predicted molar refractivity (Wildman–Crippen MR) is 103 cm³/mol. The van der Waals surface area contributed by atoms with Crippen LogP contribution < -0.4 is 10.6 Å². The highest BCUT2D eigenvalue weighted by Gasteiger charge is 2.22. The van der Waals surface area contributed by atoms with Gasteiger partial charge in [0.25, 0.3) is 0 Å². The summed E-state index contributed by atoms with van der Waals surface area (Å²) in [4.78, 5) is 7.38. The van der Waals surface area contributed by atoms with Crippen molar-refractivity contribution in [1.82, 2.24) is 15.5 Å². The summed E-state index contributed by atoms with van der Waals surface area (Å²) < 4.78 is 11.2. The lowest BCUT2D eigenvalue weighted by Gasteiger charge is -2.34. The zero-order chi connectivity index (χ0) is 17.9. The van der Waals surface area contributed by atoms with Crippen LogP contribution in [0.15, 0.2) is 4.99 Å². The second kappa shape index (κ2) is 11.7. The molecule has 1 atom stereocenters. The fraction of sp³-hybridized carbons (Fsp3) is 0.947. The zero-order valence-corrected chi connectivity index (χ0v) is 16.4. The molecule has 25 heavy (non-hydrogen) atoms. The van der Waals surface area contributed by atoms with Crippen LogP contribution in [0.2, 0.25) is 0 Å². The Morgan fingerprint density at radius 1 is 1.24 bits per heavy atom. The molecular weight excluding hydrogens is 316 g/mol. The van der Waals surface area contributed by atoms with Crippen molar-refractivity contribution >= 4 is 5.96 Å². The minimum absolute atomic E-state index is 0.491. The molecule has 0 radical (unpaired) electrons. The van der Waals surface area contributed by atoms with Crippen molar-refractivity contribution in [2.24, 2.45) is 16.8 Å². The Bertz CT molecular complexity index is 380. The molecule has 1 unspecified atom stereocenters. The Morgan fingerprint density at radius 2 is 2.00 bits per heavy atom. The van der Waals surface area contributed by atoms with E-state index in [0.29, 0.717) is 12.0 Å². The van der Waals surface area contributed by atoms with Crippen molar-refractivity contribution in [3.05, 3.63) is 0 Å². The van der Waals surface area contributed by atoms with Crippen molar-refractivity contribution in [3.63, 3.8) is 0 Å². The van der Waals surface area contributed by atoms with E-state index in [-0.39, 0.29) is 0 Å². The molecule has 0 bridgehead atoms. The number of guanidine groups is 1. The van der Waals surface area contributed by atoms with Crippen LogP contribution in [0.4, 0.5) is 0 Å². The number of rotatable bonds is 11. The minimum atomic E-state index is 0.491. The van der Waals surface area contributed by atoms with E-state index < -0.39 is 0 Å². The fourth-order valence-corrected chi connectivity index (χ4v) is 3.14. The molecule has 0 spiro atoms. The predicted octanol–water partition coefficient (Wildman–Crippen LogP) is 1.72. The monoisotopic (exact) mass is 354 g/mol. The first-order valence-electron chi connectivity index (χ1n) is 10.1. The minimum Gasteiger partial charge on any atom is -0.379 e. The van der Waals surface area contributed by atoms with E-state index in [1.165, 1.54) is 19.3 Å². The van der Waals surface area contributed by atoms with Gasteiger partial charge in [0, 0.05) is 38.8 Å². The van der Waals surface area contributed by atoms with Crippen LogP contribution in [-0.4, -0.2) is 76.1 Å². The molecule has 0 aromatic carbocycles. The smallest absolute Gasteiger partial charge is 0.191 e. The average Bonchev–Trinajstić information content (AvgIpc) is 3.42. The van der Waals surface area contributed by atoms with Crippen molar-refractivity contribution < 1.29 is 9.47 Å². The van der Waals surface area contributed by atoms with E-state index in [4.69, 9.17) is 14.5 Å². The maximum atomic E-state index is 5.69. The third kappa shape index (κ3) is 8.88. The molecule has 146 valence electrons. The van der Waals surface area contributed by atoms with Gasteiger partial charge in [0.05, 0.1) is 26.4 Å². The van der Waals surface area contributed by atoms with Crippen LogP contribution in [0.3, 0.4) is 0 Å². The fourth-order valence-electron chi connectivity index (χ4n) is 3.14. The molecule has 1 saturated carbocycles. The van der Waals surface area contributed by atoms with Gasteiger partial charge in [-0.3, -0.25) is 9.89 Å². The average molecular weight is 355 g/mol. The molecule has 1 heterocycles. The summed E-state index contributed by atoms with van der Waals surface area (Å²) in [5, 5.41) is 6.74. The zero-order valence-electron chi connectivity index (χ0n) is 16.4. The maximum Gasteiger partial charge on any atom is 0.191 e. The number of nitrogens with zero attached hydrogens (tertiary/aromatic N) is 2. The lowest BCUT2D eigenvalue weighted by Crippen LogP contribution is -2.46. The molecular formula is C19H38N4O2. The molecule has 6 nitrogen and oxygen atoms in total. The van der Waals surface area contributed by atoms with Crippen LogP contribution in [0, 0.1) is 11.8 Å². The SMILES string of the molecule is CCNC(=NCC(CC(C)C)N1CCOCC1)NCCOCC1CC1. The van der Waals surface area contributed by atoms with Crippen LogP contribution in [0.5, 0.6) is 0 Å². The highest BCUT2D eigenvalue weighted by atomic mass is 16.5. The molecule has 1 aliphatic heterocycles. The Balaban J connectivity index is 1.77. The standard InChI is InChI=1S/C19H38N4O2/c1-4-20-19(21-7-10-25-15-17-5-6-17)22-14-18(13-16(2)3)23-8-11-24-12-9-23/h16-18H,4-15H2,1-3H3,(H2,20,21,22). The van der Waals surface area contributed by atoms with Gasteiger partial charge in [-0.15, -0.1) is 0 Å². The Labute approximate surface area is 153 Å². The van der Waals surface area contributed by atoms with Gasteiger partial charge in [-0.1, -0.05) is 13.8 Å². The number of nitrogens with one attached hydrogen (secondary N) is 2. The number of hydrogen-bond donors (Lipinski definition) is 2. The second-order valence-electron chi connectivity index (χ2n) is 7.60. The number of aliphatic imine (C=N–C) groups is 1.